The van der Waals surface area contributed by atoms with Crippen molar-refractivity contribution in [3.63, 3.8) is 0 Å². The number of carbonyl (C=O) groups excluding carboxylic acids is 1. The molecule has 0 aliphatic heterocycles. The molecule has 0 heterocycles. The lowest BCUT2D eigenvalue weighted by Gasteiger charge is -2.09. The van der Waals surface area contributed by atoms with Crippen LogP contribution in [0.1, 0.15) is 17.3 Å². The van der Waals surface area contributed by atoms with Gasteiger partial charge in [0, 0.05) is 13.7 Å². The molecule has 0 saturated carbocycles. The third kappa shape index (κ3) is 3.55. The Morgan fingerprint density at radius 3 is 2.81 bits per heavy atom. The van der Waals surface area contributed by atoms with Gasteiger partial charge in [-0.2, -0.15) is 0 Å². The van der Waals surface area contributed by atoms with Gasteiger partial charge in [-0.25, -0.2) is 0 Å². The first kappa shape index (κ1) is 12.5. The summed E-state index contributed by atoms with van der Waals surface area (Å²) in [5.41, 5.74) is 0.556. The fourth-order valence-electron chi connectivity index (χ4n) is 1.30. The Kier molecular flexibility index (Phi) is 5.36. The van der Waals surface area contributed by atoms with Gasteiger partial charge in [-0.15, -0.1) is 0 Å². The summed E-state index contributed by atoms with van der Waals surface area (Å²) in [5.74, 6) is 0.473. The molecule has 0 aliphatic carbocycles. The monoisotopic (exact) mass is 223 g/mol. The first-order valence-electron chi connectivity index (χ1n) is 5.28. The van der Waals surface area contributed by atoms with Crippen LogP contribution in [0.4, 0.5) is 0 Å². The Bertz CT molecular complexity index is 339. The Labute approximate surface area is 95.6 Å². The van der Waals surface area contributed by atoms with Crippen molar-refractivity contribution in [2.24, 2.45) is 0 Å². The zero-order valence-corrected chi connectivity index (χ0v) is 9.66. The molecule has 0 saturated heterocycles. The van der Waals surface area contributed by atoms with Gasteiger partial charge in [-0.1, -0.05) is 12.1 Å². The number of para-hydroxylation sites is 1. The van der Waals surface area contributed by atoms with Crippen molar-refractivity contribution < 1.29 is 14.3 Å². The Morgan fingerprint density at radius 1 is 1.38 bits per heavy atom. The van der Waals surface area contributed by atoms with E-state index in [1.165, 1.54) is 0 Å². The minimum atomic E-state index is -0.138. The SMILES string of the molecule is CCOc1ccccc1C(=O)NCCOC. The standard InChI is InChI=1S/C12H17NO3/c1-3-16-11-7-5-4-6-10(11)12(14)13-8-9-15-2/h4-7H,3,8-9H2,1-2H3,(H,13,14). The van der Waals surface area contributed by atoms with Gasteiger partial charge in [-0.05, 0) is 19.1 Å². The van der Waals surface area contributed by atoms with Crippen molar-refractivity contribution in [2.45, 2.75) is 6.92 Å². The van der Waals surface area contributed by atoms with Crippen molar-refractivity contribution in [1.82, 2.24) is 5.32 Å². The van der Waals surface area contributed by atoms with Crippen LogP contribution < -0.4 is 10.1 Å². The highest BCUT2D eigenvalue weighted by molar-refractivity contribution is 5.96. The van der Waals surface area contributed by atoms with Crippen molar-refractivity contribution in [2.75, 3.05) is 26.9 Å². The van der Waals surface area contributed by atoms with Crippen LogP contribution in [0.2, 0.25) is 0 Å². The van der Waals surface area contributed by atoms with E-state index in [0.29, 0.717) is 31.1 Å². The molecule has 0 radical (unpaired) electrons. The van der Waals surface area contributed by atoms with Crippen LogP contribution in [0, 0.1) is 0 Å². The van der Waals surface area contributed by atoms with Crippen LogP contribution in [0.25, 0.3) is 0 Å². The van der Waals surface area contributed by atoms with E-state index in [1.54, 1.807) is 19.2 Å². The maximum absolute atomic E-state index is 11.8. The molecule has 0 aromatic heterocycles. The van der Waals surface area contributed by atoms with Crippen molar-refractivity contribution in [1.29, 1.82) is 0 Å². The van der Waals surface area contributed by atoms with E-state index < -0.39 is 0 Å². The van der Waals surface area contributed by atoms with Gasteiger partial charge in [0.1, 0.15) is 5.75 Å². The molecule has 0 fully saturated rings. The topological polar surface area (TPSA) is 47.6 Å². The second kappa shape index (κ2) is 6.85. The molecular weight excluding hydrogens is 206 g/mol. The highest BCUT2D eigenvalue weighted by Crippen LogP contribution is 2.17. The van der Waals surface area contributed by atoms with Crippen molar-refractivity contribution >= 4 is 5.91 Å². The van der Waals surface area contributed by atoms with E-state index in [9.17, 15) is 4.79 Å². The Morgan fingerprint density at radius 2 is 2.12 bits per heavy atom. The molecule has 0 unspecified atom stereocenters. The second-order valence-electron chi connectivity index (χ2n) is 3.18. The Balaban J connectivity index is 2.66. The summed E-state index contributed by atoms with van der Waals surface area (Å²) < 4.78 is 10.2. The van der Waals surface area contributed by atoms with Crippen LogP contribution in [0.3, 0.4) is 0 Å². The number of carbonyl (C=O) groups is 1. The van der Waals surface area contributed by atoms with Gasteiger partial charge in [0.05, 0.1) is 18.8 Å². The Hall–Kier alpha value is -1.55. The zero-order chi connectivity index (χ0) is 11.8. The predicted octanol–water partition coefficient (Wildman–Crippen LogP) is 1.46. The number of ether oxygens (including phenoxy) is 2. The van der Waals surface area contributed by atoms with Crippen LogP contribution in [0.5, 0.6) is 5.75 Å². The molecule has 16 heavy (non-hydrogen) atoms. The average Bonchev–Trinajstić information content (AvgIpc) is 2.30. The van der Waals surface area contributed by atoms with Crippen molar-refractivity contribution in [3.8, 4) is 5.75 Å². The first-order chi connectivity index (χ1) is 7.79. The normalized spacial score (nSPS) is 9.88. The van der Waals surface area contributed by atoms with Gasteiger partial charge in [0.25, 0.3) is 5.91 Å². The molecule has 0 bridgehead atoms. The second-order valence-corrected chi connectivity index (χ2v) is 3.18. The van der Waals surface area contributed by atoms with E-state index in [1.807, 2.05) is 19.1 Å². The summed E-state index contributed by atoms with van der Waals surface area (Å²) in [4.78, 5) is 11.8. The number of benzene rings is 1. The molecule has 1 aromatic carbocycles. The van der Waals surface area contributed by atoms with Crippen LogP contribution in [-0.2, 0) is 4.74 Å². The van der Waals surface area contributed by atoms with E-state index >= 15 is 0 Å². The largest absolute Gasteiger partial charge is 0.493 e. The molecule has 1 rings (SSSR count). The minimum absolute atomic E-state index is 0.138. The zero-order valence-electron chi connectivity index (χ0n) is 9.66. The summed E-state index contributed by atoms with van der Waals surface area (Å²) >= 11 is 0. The maximum atomic E-state index is 11.8. The molecule has 0 spiro atoms. The summed E-state index contributed by atoms with van der Waals surface area (Å²) in [6.07, 6.45) is 0. The summed E-state index contributed by atoms with van der Waals surface area (Å²) in [7, 11) is 1.60. The molecule has 4 heteroatoms. The summed E-state index contributed by atoms with van der Waals surface area (Å²) in [5, 5.41) is 2.75. The summed E-state index contributed by atoms with van der Waals surface area (Å²) in [6, 6.07) is 7.19. The third-order valence-corrected chi connectivity index (χ3v) is 2.02. The van der Waals surface area contributed by atoms with Crippen molar-refractivity contribution in [3.05, 3.63) is 29.8 Å². The molecule has 4 nitrogen and oxygen atoms in total. The van der Waals surface area contributed by atoms with Gasteiger partial charge in [0.15, 0.2) is 0 Å². The molecule has 1 amide bonds. The third-order valence-electron chi connectivity index (χ3n) is 2.02. The predicted molar refractivity (Wildman–Crippen MR) is 61.8 cm³/mol. The van der Waals surface area contributed by atoms with E-state index in [-0.39, 0.29) is 5.91 Å². The lowest BCUT2D eigenvalue weighted by molar-refractivity contribution is 0.0933. The molecule has 1 aromatic rings. The molecule has 88 valence electrons. The van der Waals surface area contributed by atoms with Crippen LogP contribution in [-0.4, -0.2) is 32.8 Å². The fourth-order valence-corrected chi connectivity index (χ4v) is 1.30. The smallest absolute Gasteiger partial charge is 0.255 e. The number of nitrogens with one attached hydrogen (secondary N) is 1. The quantitative estimate of drug-likeness (QED) is 0.743. The van der Waals surface area contributed by atoms with Gasteiger partial charge >= 0.3 is 0 Å². The molecule has 0 atom stereocenters. The number of amides is 1. The maximum Gasteiger partial charge on any atom is 0.255 e. The van der Waals surface area contributed by atoms with E-state index in [2.05, 4.69) is 5.32 Å². The lowest BCUT2D eigenvalue weighted by Crippen LogP contribution is -2.27. The number of methoxy groups -OCH3 is 1. The fraction of sp³-hybridized carbons (Fsp3) is 0.417. The van der Waals surface area contributed by atoms with E-state index in [0.717, 1.165) is 0 Å². The molecule has 0 aliphatic rings. The number of hydrogen-bond acceptors (Lipinski definition) is 3. The minimum Gasteiger partial charge on any atom is -0.493 e. The summed E-state index contributed by atoms with van der Waals surface area (Å²) in [6.45, 7) is 3.43. The van der Waals surface area contributed by atoms with Gasteiger partial charge in [0.2, 0.25) is 0 Å². The van der Waals surface area contributed by atoms with Crippen LogP contribution >= 0.6 is 0 Å². The lowest BCUT2D eigenvalue weighted by atomic mass is 10.2. The van der Waals surface area contributed by atoms with Gasteiger partial charge in [-0.3, -0.25) is 4.79 Å². The molecular formula is C12H17NO3. The highest BCUT2D eigenvalue weighted by Gasteiger charge is 2.10. The van der Waals surface area contributed by atoms with Gasteiger partial charge < -0.3 is 14.8 Å². The first-order valence-corrected chi connectivity index (χ1v) is 5.28. The van der Waals surface area contributed by atoms with E-state index in [4.69, 9.17) is 9.47 Å². The average molecular weight is 223 g/mol. The van der Waals surface area contributed by atoms with Crippen LogP contribution in [0.15, 0.2) is 24.3 Å². The highest BCUT2D eigenvalue weighted by atomic mass is 16.5. The number of rotatable bonds is 6. The molecule has 1 N–H and O–H groups in total. The number of hydrogen-bond donors (Lipinski definition) is 1.